The minimum atomic E-state index is 1.16. The highest BCUT2D eigenvalue weighted by molar-refractivity contribution is 5.87. The van der Waals surface area contributed by atoms with Crippen LogP contribution in [0.3, 0.4) is 0 Å². The Morgan fingerprint density at radius 1 is 0.947 bits per heavy atom. The predicted molar refractivity (Wildman–Crippen MR) is 84.3 cm³/mol. The summed E-state index contributed by atoms with van der Waals surface area (Å²) < 4.78 is 0. The van der Waals surface area contributed by atoms with Crippen molar-refractivity contribution < 1.29 is 0 Å². The van der Waals surface area contributed by atoms with E-state index in [4.69, 9.17) is 0 Å². The second kappa shape index (κ2) is 7.80. The summed E-state index contributed by atoms with van der Waals surface area (Å²) in [6.45, 7) is 6.24. The lowest BCUT2D eigenvalue weighted by Crippen LogP contribution is -2.18. The average Bonchev–Trinajstić information content (AvgIpc) is 2.86. The lowest BCUT2D eigenvalue weighted by atomic mass is 10.1. The molecule has 1 fully saturated rings. The van der Waals surface area contributed by atoms with Crippen LogP contribution in [0, 0.1) is 0 Å². The number of H-pyrrole nitrogens is 1. The Morgan fingerprint density at radius 3 is 2.42 bits per heavy atom. The molecule has 1 aliphatic rings. The van der Waals surface area contributed by atoms with Crippen molar-refractivity contribution in [2.75, 3.05) is 13.1 Å². The second-order valence-electron chi connectivity index (χ2n) is 5.01. The molecular weight excluding hydrogens is 232 g/mol. The van der Waals surface area contributed by atoms with Crippen LogP contribution < -0.4 is 5.32 Å². The van der Waals surface area contributed by atoms with Gasteiger partial charge in [0.25, 0.3) is 0 Å². The Hall–Kier alpha value is -1.54. The Kier molecular flexibility index (Phi) is 5.70. The van der Waals surface area contributed by atoms with Crippen LogP contribution in [0.4, 0.5) is 0 Å². The zero-order valence-corrected chi connectivity index (χ0v) is 11.6. The third-order valence-electron chi connectivity index (χ3n) is 3.55. The minimum absolute atomic E-state index is 1.16. The van der Waals surface area contributed by atoms with Crippen molar-refractivity contribution in [2.45, 2.75) is 32.1 Å². The normalized spacial score (nSPS) is 16.0. The maximum absolute atomic E-state index is 3.74. The molecule has 3 rings (SSSR count). The fraction of sp³-hybridized carbons (Fsp3) is 0.412. The molecule has 2 N–H and O–H groups in total. The number of benzene rings is 1. The van der Waals surface area contributed by atoms with Gasteiger partial charge in [-0.1, -0.05) is 50.1 Å². The highest BCUT2D eigenvalue weighted by Gasteiger charge is 1.95. The smallest absolute Gasteiger partial charge is 0.0527 e. The number of aromatic amines is 1. The monoisotopic (exact) mass is 256 g/mol. The molecule has 1 saturated heterocycles. The third-order valence-corrected chi connectivity index (χ3v) is 3.55. The van der Waals surface area contributed by atoms with Crippen LogP contribution in [0.25, 0.3) is 17.0 Å². The molecule has 0 radical (unpaired) electrons. The molecule has 0 bridgehead atoms. The van der Waals surface area contributed by atoms with Gasteiger partial charge in [0.2, 0.25) is 0 Å². The fourth-order valence-electron chi connectivity index (χ4n) is 2.43. The highest BCUT2D eigenvalue weighted by atomic mass is 14.8. The van der Waals surface area contributed by atoms with Crippen molar-refractivity contribution in [3.8, 4) is 0 Å². The van der Waals surface area contributed by atoms with E-state index in [-0.39, 0.29) is 0 Å². The zero-order chi connectivity index (χ0) is 13.3. The van der Waals surface area contributed by atoms with E-state index in [1.165, 1.54) is 56.1 Å². The van der Waals surface area contributed by atoms with Crippen molar-refractivity contribution in [1.29, 1.82) is 0 Å². The molecule has 1 aromatic heterocycles. The fourth-order valence-corrected chi connectivity index (χ4v) is 2.43. The largest absolute Gasteiger partial charge is 0.361 e. The van der Waals surface area contributed by atoms with Gasteiger partial charge in [0.1, 0.15) is 0 Å². The predicted octanol–water partition coefficient (Wildman–Crippen LogP) is 4.35. The molecule has 2 heterocycles. The number of aromatic nitrogens is 1. The van der Waals surface area contributed by atoms with E-state index in [0.29, 0.717) is 0 Å². The Labute approximate surface area is 115 Å². The van der Waals surface area contributed by atoms with Gasteiger partial charge in [-0.2, -0.15) is 0 Å². The third kappa shape index (κ3) is 4.25. The number of nitrogens with one attached hydrogen (secondary N) is 2. The summed E-state index contributed by atoms with van der Waals surface area (Å²) in [6.07, 6.45) is 10.9. The summed E-state index contributed by atoms with van der Waals surface area (Å²) in [6, 6.07) is 8.22. The number of hydrogen-bond donors (Lipinski definition) is 2. The van der Waals surface area contributed by atoms with E-state index >= 15 is 0 Å². The van der Waals surface area contributed by atoms with E-state index in [0.717, 1.165) is 5.56 Å². The molecule has 0 atom stereocenters. The van der Waals surface area contributed by atoms with Crippen LogP contribution in [0.1, 0.15) is 37.7 Å². The van der Waals surface area contributed by atoms with Crippen LogP contribution in [0.2, 0.25) is 0 Å². The Morgan fingerprint density at radius 2 is 1.68 bits per heavy atom. The molecule has 2 aromatic rings. The highest BCUT2D eigenvalue weighted by Crippen LogP contribution is 2.17. The molecule has 0 amide bonds. The van der Waals surface area contributed by atoms with E-state index in [2.05, 4.69) is 29.0 Å². The standard InChI is InChI=1S/C10H9N.C7H15N/c1-2-8-4-3-5-9-6-7-11-10(8)9;1-2-4-6-8-7-5-3-1/h2-7,11H,1H2;8H,1-7H2. The Balaban J connectivity index is 0.000000148. The summed E-state index contributed by atoms with van der Waals surface area (Å²) in [5.41, 5.74) is 2.33. The van der Waals surface area contributed by atoms with Crippen LogP contribution in [0.15, 0.2) is 37.0 Å². The van der Waals surface area contributed by atoms with Gasteiger partial charge in [-0.05, 0) is 42.9 Å². The molecule has 102 valence electrons. The van der Waals surface area contributed by atoms with E-state index < -0.39 is 0 Å². The van der Waals surface area contributed by atoms with Crippen molar-refractivity contribution in [3.63, 3.8) is 0 Å². The van der Waals surface area contributed by atoms with Gasteiger partial charge in [-0.3, -0.25) is 0 Å². The van der Waals surface area contributed by atoms with Gasteiger partial charge in [0, 0.05) is 6.20 Å². The zero-order valence-electron chi connectivity index (χ0n) is 11.6. The van der Waals surface area contributed by atoms with E-state index in [1.807, 2.05) is 24.4 Å². The summed E-state index contributed by atoms with van der Waals surface area (Å²) in [5.74, 6) is 0. The van der Waals surface area contributed by atoms with E-state index in [1.54, 1.807) is 0 Å². The van der Waals surface area contributed by atoms with Crippen molar-refractivity contribution in [3.05, 3.63) is 42.6 Å². The van der Waals surface area contributed by atoms with Gasteiger partial charge >= 0.3 is 0 Å². The summed E-state index contributed by atoms with van der Waals surface area (Å²) in [7, 11) is 0. The first-order valence-electron chi connectivity index (χ1n) is 7.31. The summed E-state index contributed by atoms with van der Waals surface area (Å²) in [5, 5.41) is 4.63. The van der Waals surface area contributed by atoms with E-state index in [9.17, 15) is 0 Å². The molecule has 0 spiro atoms. The lowest BCUT2D eigenvalue weighted by Gasteiger charge is -2.08. The first-order chi connectivity index (χ1) is 9.42. The molecule has 2 heteroatoms. The van der Waals surface area contributed by atoms with Crippen LogP contribution in [-0.4, -0.2) is 18.1 Å². The van der Waals surface area contributed by atoms with Gasteiger partial charge in [-0.15, -0.1) is 0 Å². The SMILES string of the molecule is C1CCCNCCC1.C=Cc1cccc2cc[nH]c12. The molecule has 0 aliphatic carbocycles. The van der Waals surface area contributed by atoms with Crippen LogP contribution in [0.5, 0.6) is 0 Å². The quantitative estimate of drug-likeness (QED) is 0.780. The van der Waals surface area contributed by atoms with Gasteiger partial charge in [0.15, 0.2) is 0 Å². The Bertz CT molecular complexity index is 475. The van der Waals surface area contributed by atoms with Crippen molar-refractivity contribution in [2.24, 2.45) is 0 Å². The number of para-hydroxylation sites is 1. The first kappa shape index (κ1) is 13.9. The minimum Gasteiger partial charge on any atom is -0.361 e. The summed E-state index contributed by atoms with van der Waals surface area (Å²) >= 11 is 0. The molecule has 1 aromatic carbocycles. The molecule has 2 nitrogen and oxygen atoms in total. The van der Waals surface area contributed by atoms with Crippen molar-refractivity contribution in [1.82, 2.24) is 10.3 Å². The first-order valence-corrected chi connectivity index (χ1v) is 7.31. The number of rotatable bonds is 1. The van der Waals surface area contributed by atoms with Gasteiger partial charge in [0.05, 0.1) is 5.52 Å². The topological polar surface area (TPSA) is 27.8 Å². The average molecular weight is 256 g/mol. The second-order valence-corrected chi connectivity index (χ2v) is 5.01. The van der Waals surface area contributed by atoms with Gasteiger partial charge in [-0.25, -0.2) is 0 Å². The van der Waals surface area contributed by atoms with Crippen molar-refractivity contribution >= 4 is 17.0 Å². The molecule has 19 heavy (non-hydrogen) atoms. The van der Waals surface area contributed by atoms with Crippen LogP contribution >= 0.6 is 0 Å². The number of fused-ring (bicyclic) bond motifs is 1. The maximum Gasteiger partial charge on any atom is 0.0527 e. The molecule has 0 saturated carbocycles. The maximum atomic E-state index is 3.74. The molecule has 0 unspecified atom stereocenters. The van der Waals surface area contributed by atoms with Gasteiger partial charge < -0.3 is 10.3 Å². The molecule has 1 aliphatic heterocycles. The molecular formula is C17H24N2. The number of hydrogen-bond acceptors (Lipinski definition) is 1. The van der Waals surface area contributed by atoms with Crippen LogP contribution in [-0.2, 0) is 0 Å². The lowest BCUT2D eigenvalue weighted by molar-refractivity contribution is 0.516. The summed E-state index contributed by atoms with van der Waals surface area (Å²) in [4.78, 5) is 3.17.